The molecule has 0 aliphatic heterocycles. The Morgan fingerprint density at radius 3 is 2.68 bits per heavy atom. The highest BCUT2D eigenvalue weighted by molar-refractivity contribution is 7.87. The number of aryl methyl sites for hydroxylation is 1. The Balaban J connectivity index is 1.50. The van der Waals surface area contributed by atoms with Crippen molar-refractivity contribution in [3.63, 3.8) is 0 Å². The summed E-state index contributed by atoms with van der Waals surface area (Å²) in [4.78, 5) is 18.6. The van der Waals surface area contributed by atoms with E-state index in [1.54, 1.807) is 31.2 Å². The Bertz CT molecular complexity index is 1350. The number of nitrogens with one attached hydrogen (secondary N) is 3. The minimum absolute atomic E-state index is 0.0275. The second-order valence-corrected chi connectivity index (χ2v) is 8.63. The number of anilines is 1. The summed E-state index contributed by atoms with van der Waals surface area (Å²) >= 11 is 0. The smallest absolute Gasteiger partial charge is 0.339 e. The van der Waals surface area contributed by atoms with E-state index >= 15 is 0 Å². The van der Waals surface area contributed by atoms with E-state index in [2.05, 4.69) is 15.3 Å². The molecule has 0 bridgehead atoms. The molecule has 5 N–H and O–H groups in total. The lowest BCUT2D eigenvalue weighted by atomic mass is 10.1. The molecule has 31 heavy (non-hydrogen) atoms. The van der Waals surface area contributed by atoms with Crippen LogP contribution in [0.4, 0.5) is 5.69 Å². The Labute approximate surface area is 179 Å². The number of benzene rings is 2. The van der Waals surface area contributed by atoms with E-state index in [4.69, 9.17) is 9.92 Å². The van der Waals surface area contributed by atoms with Crippen molar-refractivity contribution in [2.24, 2.45) is 5.73 Å². The van der Waals surface area contributed by atoms with Gasteiger partial charge in [-0.3, -0.25) is 4.79 Å². The van der Waals surface area contributed by atoms with Crippen molar-refractivity contribution in [3.05, 3.63) is 77.7 Å². The van der Waals surface area contributed by atoms with Crippen LogP contribution in [0.1, 0.15) is 21.6 Å². The van der Waals surface area contributed by atoms with E-state index in [1.165, 1.54) is 18.3 Å². The maximum absolute atomic E-state index is 12.6. The van der Waals surface area contributed by atoms with Gasteiger partial charge in [-0.05, 0) is 55.3 Å². The van der Waals surface area contributed by atoms with Gasteiger partial charge >= 0.3 is 10.1 Å². The molecule has 2 aromatic carbocycles. The first-order valence-electron chi connectivity index (χ1n) is 9.67. The average Bonchev–Trinajstić information content (AvgIpc) is 3.35. The molecule has 0 saturated heterocycles. The van der Waals surface area contributed by atoms with Gasteiger partial charge in [-0.25, -0.2) is 0 Å². The van der Waals surface area contributed by atoms with Crippen molar-refractivity contribution in [1.82, 2.24) is 9.97 Å². The van der Waals surface area contributed by atoms with Crippen LogP contribution in [0.5, 0.6) is 5.75 Å². The van der Waals surface area contributed by atoms with Crippen molar-refractivity contribution < 1.29 is 17.4 Å². The SMILES string of the molecule is Cc1ccccc1S(=O)(=O)Oc1c[nH]c(C(=O)Nc2ccc3[nH]cc(CCN)c3c2)c1. The molecule has 2 aromatic heterocycles. The molecule has 2 heterocycles. The molecule has 0 unspecified atom stereocenters. The van der Waals surface area contributed by atoms with E-state index in [-0.39, 0.29) is 16.3 Å². The highest BCUT2D eigenvalue weighted by Crippen LogP contribution is 2.25. The molecular formula is C22H22N4O4S. The first-order chi connectivity index (χ1) is 14.9. The first kappa shape index (κ1) is 20.7. The lowest BCUT2D eigenvalue weighted by Crippen LogP contribution is -2.12. The molecule has 0 atom stereocenters. The molecular weight excluding hydrogens is 416 g/mol. The van der Waals surface area contributed by atoms with Gasteiger partial charge < -0.3 is 25.2 Å². The fraction of sp³-hybridized carbons (Fsp3) is 0.136. The number of H-pyrrole nitrogens is 2. The first-order valence-corrected chi connectivity index (χ1v) is 11.1. The summed E-state index contributed by atoms with van der Waals surface area (Å²) in [6.07, 6.45) is 3.97. The van der Waals surface area contributed by atoms with Gasteiger partial charge in [-0.1, -0.05) is 18.2 Å². The molecule has 4 rings (SSSR count). The molecule has 0 aliphatic carbocycles. The third kappa shape index (κ3) is 4.32. The summed E-state index contributed by atoms with van der Waals surface area (Å²) in [6.45, 7) is 2.21. The van der Waals surface area contributed by atoms with Crippen molar-refractivity contribution in [2.75, 3.05) is 11.9 Å². The Morgan fingerprint density at radius 2 is 1.90 bits per heavy atom. The normalized spacial score (nSPS) is 11.5. The van der Waals surface area contributed by atoms with Gasteiger partial charge in [0.05, 0.1) is 0 Å². The zero-order valence-electron chi connectivity index (χ0n) is 16.8. The number of carbonyl (C=O) groups excluding carboxylic acids is 1. The molecule has 0 spiro atoms. The zero-order chi connectivity index (χ0) is 22.0. The van der Waals surface area contributed by atoms with Crippen LogP contribution < -0.4 is 15.2 Å². The monoisotopic (exact) mass is 438 g/mol. The maximum atomic E-state index is 12.6. The van der Waals surface area contributed by atoms with Crippen molar-refractivity contribution >= 4 is 32.6 Å². The topological polar surface area (TPSA) is 130 Å². The molecule has 0 radical (unpaired) electrons. The summed E-state index contributed by atoms with van der Waals surface area (Å²) in [5.41, 5.74) is 9.04. The largest absolute Gasteiger partial charge is 0.377 e. The predicted molar refractivity (Wildman–Crippen MR) is 119 cm³/mol. The fourth-order valence-electron chi connectivity index (χ4n) is 3.38. The van der Waals surface area contributed by atoms with E-state index in [0.29, 0.717) is 17.8 Å². The highest BCUT2D eigenvalue weighted by atomic mass is 32.2. The van der Waals surface area contributed by atoms with Gasteiger partial charge in [-0.2, -0.15) is 8.42 Å². The van der Waals surface area contributed by atoms with Crippen LogP contribution in [0.25, 0.3) is 10.9 Å². The number of amides is 1. The van der Waals surface area contributed by atoms with Crippen LogP contribution >= 0.6 is 0 Å². The number of nitrogens with two attached hydrogens (primary N) is 1. The van der Waals surface area contributed by atoms with Crippen molar-refractivity contribution in [3.8, 4) is 5.75 Å². The number of fused-ring (bicyclic) bond motifs is 1. The highest BCUT2D eigenvalue weighted by Gasteiger charge is 2.20. The van der Waals surface area contributed by atoms with Gasteiger partial charge in [0.15, 0.2) is 5.75 Å². The minimum Gasteiger partial charge on any atom is -0.377 e. The van der Waals surface area contributed by atoms with Gasteiger partial charge in [0.1, 0.15) is 10.6 Å². The standard InChI is InChI=1S/C22H22N4O4S/c1-14-4-2-3-5-21(14)31(28,29)30-17-11-20(25-13-17)22(27)26-16-6-7-19-18(10-16)15(8-9-23)12-24-19/h2-7,10-13,24-25H,8-9,23H2,1H3,(H,26,27). The number of hydrogen-bond donors (Lipinski definition) is 4. The number of hydrogen-bond acceptors (Lipinski definition) is 5. The molecule has 1 amide bonds. The van der Waals surface area contributed by atoms with Gasteiger partial charge in [0, 0.05) is 35.1 Å². The second kappa shape index (κ2) is 8.29. The molecule has 0 fully saturated rings. The molecule has 4 aromatic rings. The van der Waals surface area contributed by atoms with E-state index in [9.17, 15) is 13.2 Å². The quantitative estimate of drug-likeness (QED) is 0.329. The second-order valence-electron chi connectivity index (χ2n) is 7.12. The predicted octanol–water partition coefficient (Wildman–Crippen LogP) is 3.33. The van der Waals surface area contributed by atoms with E-state index in [0.717, 1.165) is 22.9 Å². The number of carbonyl (C=O) groups is 1. The molecule has 160 valence electrons. The van der Waals surface area contributed by atoms with Crippen LogP contribution in [0.3, 0.4) is 0 Å². The third-order valence-electron chi connectivity index (χ3n) is 4.91. The number of aromatic amines is 2. The summed E-state index contributed by atoms with van der Waals surface area (Å²) in [6, 6.07) is 13.4. The zero-order valence-corrected chi connectivity index (χ0v) is 17.6. The summed E-state index contributed by atoms with van der Waals surface area (Å²) < 4.78 is 30.2. The van der Waals surface area contributed by atoms with Crippen LogP contribution in [0.15, 0.2) is 65.8 Å². The maximum Gasteiger partial charge on any atom is 0.339 e. The van der Waals surface area contributed by atoms with E-state index < -0.39 is 16.0 Å². The van der Waals surface area contributed by atoms with E-state index in [1.807, 2.05) is 18.3 Å². The minimum atomic E-state index is -4.01. The average molecular weight is 439 g/mol. The Kier molecular flexibility index (Phi) is 5.53. The summed E-state index contributed by atoms with van der Waals surface area (Å²) in [7, 11) is -4.01. The third-order valence-corrected chi connectivity index (χ3v) is 6.32. The lowest BCUT2D eigenvalue weighted by molar-refractivity contribution is 0.102. The van der Waals surface area contributed by atoms with Crippen LogP contribution in [-0.2, 0) is 16.5 Å². The number of aromatic nitrogens is 2. The Morgan fingerprint density at radius 1 is 1.10 bits per heavy atom. The lowest BCUT2D eigenvalue weighted by Gasteiger charge is -2.07. The van der Waals surface area contributed by atoms with Crippen LogP contribution in [0, 0.1) is 6.92 Å². The molecule has 8 nitrogen and oxygen atoms in total. The van der Waals surface area contributed by atoms with Gasteiger partial charge in [-0.15, -0.1) is 0 Å². The fourth-order valence-corrected chi connectivity index (χ4v) is 4.53. The van der Waals surface area contributed by atoms with Gasteiger partial charge in [0.2, 0.25) is 0 Å². The van der Waals surface area contributed by atoms with Gasteiger partial charge in [0.25, 0.3) is 5.91 Å². The van der Waals surface area contributed by atoms with Crippen LogP contribution in [-0.4, -0.2) is 30.8 Å². The van der Waals surface area contributed by atoms with Crippen molar-refractivity contribution in [1.29, 1.82) is 0 Å². The number of rotatable bonds is 7. The molecule has 9 heteroatoms. The van der Waals surface area contributed by atoms with Crippen molar-refractivity contribution in [2.45, 2.75) is 18.2 Å². The molecule has 0 saturated carbocycles. The van der Waals surface area contributed by atoms with Crippen LogP contribution in [0.2, 0.25) is 0 Å². The summed E-state index contributed by atoms with van der Waals surface area (Å²) in [5.74, 6) is -0.391. The summed E-state index contributed by atoms with van der Waals surface area (Å²) in [5, 5.41) is 3.80. The molecule has 0 aliphatic rings. The Hall–Kier alpha value is -3.56.